The van der Waals surface area contributed by atoms with Gasteiger partial charge in [0.1, 0.15) is 0 Å². The van der Waals surface area contributed by atoms with Crippen LogP contribution in [0.2, 0.25) is 0 Å². The Hall–Kier alpha value is -10.3. The molecule has 13 aromatic rings. The maximum atomic E-state index is 2.52. The molecule has 0 heterocycles. The molecular weight excluding hydrogens is 975 g/mol. The third kappa shape index (κ3) is 5.84. The van der Waals surface area contributed by atoms with Crippen molar-refractivity contribution in [2.75, 3.05) is 4.90 Å². The van der Waals surface area contributed by atoms with Crippen molar-refractivity contribution in [3.05, 3.63) is 342 Å². The molecular formula is C80H49N. The third-order valence-electron chi connectivity index (χ3n) is 18.9. The van der Waals surface area contributed by atoms with E-state index in [1.807, 2.05) is 0 Å². The fourth-order valence-electron chi connectivity index (χ4n) is 15.7. The first-order chi connectivity index (χ1) is 40.2. The van der Waals surface area contributed by atoms with Crippen LogP contribution in [0.5, 0.6) is 0 Å². The molecule has 5 aliphatic carbocycles. The monoisotopic (exact) mass is 1020 g/mol. The smallest absolute Gasteiger partial charge is 0.0726 e. The summed E-state index contributed by atoms with van der Waals surface area (Å²) < 4.78 is 0. The van der Waals surface area contributed by atoms with E-state index in [0.29, 0.717) is 0 Å². The van der Waals surface area contributed by atoms with Crippen molar-refractivity contribution in [3.63, 3.8) is 0 Å². The number of benzene rings is 13. The molecule has 2 spiro atoms. The van der Waals surface area contributed by atoms with E-state index in [1.165, 1.54) is 145 Å². The van der Waals surface area contributed by atoms with Crippen molar-refractivity contribution >= 4 is 17.1 Å². The average Bonchev–Trinajstić information content (AvgIpc) is 2.83. The van der Waals surface area contributed by atoms with E-state index in [0.717, 1.165) is 17.1 Å². The van der Waals surface area contributed by atoms with Crippen LogP contribution >= 0.6 is 0 Å². The molecule has 0 radical (unpaired) electrons. The topological polar surface area (TPSA) is 3.24 Å². The molecule has 1 heteroatoms. The number of anilines is 3. The highest BCUT2D eigenvalue weighted by Crippen LogP contribution is 2.65. The van der Waals surface area contributed by atoms with Gasteiger partial charge in [-0.2, -0.15) is 0 Å². The van der Waals surface area contributed by atoms with Crippen LogP contribution in [0.3, 0.4) is 0 Å². The number of nitrogens with zero attached hydrogens (tertiary/aromatic N) is 1. The second kappa shape index (κ2) is 16.6. The highest BCUT2D eigenvalue weighted by molar-refractivity contribution is 6.05. The van der Waals surface area contributed by atoms with Crippen molar-refractivity contribution < 1.29 is 0 Å². The summed E-state index contributed by atoms with van der Waals surface area (Å²) in [7, 11) is 0. The van der Waals surface area contributed by atoms with Gasteiger partial charge in [0.2, 0.25) is 0 Å². The lowest BCUT2D eigenvalue weighted by Crippen LogP contribution is -2.26. The second-order valence-electron chi connectivity index (χ2n) is 22.5. The molecule has 81 heavy (non-hydrogen) atoms. The van der Waals surface area contributed by atoms with Crippen molar-refractivity contribution in [3.8, 4) is 100 Å². The van der Waals surface area contributed by atoms with Crippen LogP contribution < -0.4 is 4.90 Å². The van der Waals surface area contributed by atoms with Crippen molar-refractivity contribution in [2.45, 2.75) is 10.8 Å². The zero-order valence-corrected chi connectivity index (χ0v) is 44.2. The molecule has 0 aliphatic heterocycles. The Kier molecular flexibility index (Phi) is 9.14. The van der Waals surface area contributed by atoms with Gasteiger partial charge in [0.25, 0.3) is 0 Å². The van der Waals surface area contributed by atoms with E-state index in [-0.39, 0.29) is 0 Å². The Bertz CT molecular complexity index is 4710. The highest BCUT2D eigenvalue weighted by Gasteiger charge is 2.53. The summed E-state index contributed by atoms with van der Waals surface area (Å²) in [6, 6.07) is 113. The Morgan fingerprint density at radius 3 is 0.790 bits per heavy atom. The zero-order chi connectivity index (χ0) is 53.0. The van der Waals surface area contributed by atoms with Crippen molar-refractivity contribution in [1.29, 1.82) is 0 Å². The van der Waals surface area contributed by atoms with Crippen LogP contribution in [0.4, 0.5) is 17.1 Å². The van der Waals surface area contributed by atoms with Gasteiger partial charge in [-0.1, -0.05) is 255 Å². The number of rotatable bonds is 4. The van der Waals surface area contributed by atoms with Gasteiger partial charge in [-0.15, -0.1) is 0 Å². The molecule has 0 unspecified atom stereocenters. The molecule has 0 amide bonds. The second-order valence-corrected chi connectivity index (χ2v) is 22.5. The first-order valence-electron chi connectivity index (χ1n) is 28.4. The standard InChI is InChI=1S/C80H49N/c1-2-20-56-55(19-1)57-21-3-4-23-59(57)61-45-42-53(48-70(61)60-24-6-5-22-58(56)60)81(54-43-46-69-67-30-12-18-36-76(67)80(78(69)49-54)73-33-15-9-27-64(73)65-28-10-16-34-74(65)80)52-40-37-50(38-41-52)51-39-44-68-66-29-11-17-35-75(66)79(77(68)47-51)71-31-13-7-25-62(71)63-26-8-14-32-72(63)79/h1-49H. The van der Waals surface area contributed by atoms with Gasteiger partial charge in [-0.05, 0) is 187 Å². The predicted molar refractivity (Wildman–Crippen MR) is 334 cm³/mol. The minimum atomic E-state index is -0.488. The first kappa shape index (κ1) is 44.6. The number of fused-ring (bicyclic) bond motifs is 28. The molecule has 0 fully saturated rings. The summed E-state index contributed by atoms with van der Waals surface area (Å²) in [5.41, 5.74) is 35.8. The summed E-state index contributed by atoms with van der Waals surface area (Å²) in [5, 5.41) is 0. The van der Waals surface area contributed by atoms with Gasteiger partial charge in [0, 0.05) is 17.1 Å². The van der Waals surface area contributed by atoms with E-state index in [9.17, 15) is 0 Å². The van der Waals surface area contributed by atoms with E-state index >= 15 is 0 Å². The van der Waals surface area contributed by atoms with Crippen LogP contribution in [0.15, 0.2) is 297 Å². The molecule has 0 saturated heterocycles. The van der Waals surface area contributed by atoms with Gasteiger partial charge >= 0.3 is 0 Å². The van der Waals surface area contributed by atoms with E-state index in [1.54, 1.807) is 0 Å². The fraction of sp³-hybridized carbons (Fsp3) is 0.0250. The SMILES string of the molecule is c1ccc2c(c1)-c1ccccc1-c1ccc(N(c3ccc(-c4ccc5c(c4)C4(c6ccccc6-c6ccccc64)c4ccccc4-5)cc3)c3ccc4c(c3)C3(c5ccccc5-c5ccccc53)c3ccccc3-4)cc1-c1ccccc1-2. The van der Waals surface area contributed by atoms with Crippen LogP contribution in [-0.4, -0.2) is 0 Å². The van der Waals surface area contributed by atoms with Crippen LogP contribution in [0.1, 0.15) is 44.5 Å². The molecule has 374 valence electrons. The highest BCUT2D eigenvalue weighted by atomic mass is 15.1. The molecule has 18 rings (SSSR count). The minimum Gasteiger partial charge on any atom is -0.310 e. The molecule has 13 aromatic carbocycles. The van der Waals surface area contributed by atoms with Gasteiger partial charge in [0.15, 0.2) is 0 Å². The largest absolute Gasteiger partial charge is 0.310 e. The molecule has 5 aliphatic rings. The Labute approximate surface area is 472 Å². The summed E-state index contributed by atoms with van der Waals surface area (Å²) in [6.07, 6.45) is 0. The Balaban J connectivity index is 0.848. The van der Waals surface area contributed by atoms with Crippen LogP contribution in [0.25, 0.3) is 100 Å². The van der Waals surface area contributed by atoms with Crippen LogP contribution in [-0.2, 0) is 10.8 Å². The molecule has 0 saturated carbocycles. The van der Waals surface area contributed by atoms with E-state index in [4.69, 9.17) is 0 Å². The Morgan fingerprint density at radius 1 is 0.160 bits per heavy atom. The maximum absolute atomic E-state index is 2.52. The van der Waals surface area contributed by atoms with Gasteiger partial charge in [-0.25, -0.2) is 0 Å². The number of hydrogen-bond donors (Lipinski definition) is 0. The summed E-state index contributed by atoms with van der Waals surface area (Å²) in [6.45, 7) is 0. The fourth-order valence-corrected chi connectivity index (χ4v) is 15.7. The first-order valence-corrected chi connectivity index (χ1v) is 28.4. The molecule has 1 nitrogen and oxygen atoms in total. The summed E-state index contributed by atoms with van der Waals surface area (Å²) >= 11 is 0. The van der Waals surface area contributed by atoms with Crippen LogP contribution in [0, 0.1) is 0 Å². The quantitative estimate of drug-likeness (QED) is 0.170. The summed E-state index contributed by atoms with van der Waals surface area (Å²) in [4.78, 5) is 2.51. The van der Waals surface area contributed by atoms with Gasteiger partial charge in [0.05, 0.1) is 10.8 Å². The third-order valence-corrected chi connectivity index (χ3v) is 18.9. The van der Waals surface area contributed by atoms with E-state index < -0.39 is 10.8 Å². The van der Waals surface area contributed by atoms with Gasteiger partial charge in [-0.3, -0.25) is 0 Å². The molecule has 0 N–H and O–H groups in total. The lowest BCUT2D eigenvalue weighted by Gasteiger charge is -2.32. The summed E-state index contributed by atoms with van der Waals surface area (Å²) in [5.74, 6) is 0. The predicted octanol–water partition coefficient (Wildman–Crippen LogP) is 20.5. The Morgan fingerprint density at radius 2 is 0.407 bits per heavy atom. The van der Waals surface area contributed by atoms with E-state index in [2.05, 4.69) is 302 Å². The normalized spacial score (nSPS) is 13.9. The lowest BCUT2D eigenvalue weighted by molar-refractivity contribution is 0.793. The van der Waals surface area contributed by atoms with Crippen molar-refractivity contribution in [2.24, 2.45) is 0 Å². The van der Waals surface area contributed by atoms with Gasteiger partial charge < -0.3 is 4.90 Å². The van der Waals surface area contributed by atoms with Crippen molar-refractivity contribution in [1.82, 2.24) is 0 Å². The zero-order valence-electron chi connectivity index (χ0n) is 44.2. The average molecular weight is 1020 g/mol. The lowest BCUT2D eigenvalue weighted by atomic mass is 9.70. The number of hydrogen-bond acceptors (Lipinski definition) is 1. The molecule has 0 aromatic heterocycles. The molecule has 0 bridgehead atoms. The molecule has 0 atom stereocenters. The minimum absolute atomic E-state index is 0.414. The maximum Gasteiger partial charge on any atom is 0.0726 e.